The Hall–Kier alpha value is -1.49. The third-order valence-corrected chi connectivity index (χ3v) is 3.24. The minimum atomic E-state index is -0.953. The highest BCUT2D eigenvalue weighted by molar-refractivity contribution is 5.88. The van der Waals surface area contributed by atoms with E-state index in [9.17, 15) is 9.90 Å². The van der Waals surface area contributed by atoms with Crippen LogP contribution in [0.25, 0.3) is 0 Å². The van der Waals surface area contributed by atoms with Crippen molar-refractivity contribution in [2.75, 3.05) is 6.61 Å². The molecule has 0 spiro atoms. The molecule has 0 radical (unpaired) electrons. The summed E-state index contributed by atoms with van der Waals surface area (Å²) in [6.45, 7) is 6.62. The molecule has 5 heteroatoms. The van der Waals surface area contributed by atoms with Gasteiger partial charge in [0.25, 0.3) is 0 Å². The zero-order valence-corrected chi connectivity index (χ0v) is 11.6. The maximum absolute atomic E-state index is 11.2. The summed E-state index contributed by atoms with van der Waals surface area (Å²) >= 11 is 0. The Bertz CT molecular complexity index is 470. The molecule has 1 saturated carbocycles. The first-order valence-electron chi connectivity index (χ1n) is 6.76. The summed E-state index contributed by atoms with van der Waals surface area (Å²) in [5.74, 6) is 0.180. The first-order chi connectivity index (χ1) is 9.04. The maximum atomic E-state index is 11.2. The second-order valence-electron chi connectivity index (χ2n) is 5.23. The molecule has 1 N–H and O–H groups in total. The molecule has 1 aliphatic rings. The minimum Gasteiger partial charge on any atom is -0.478 e. The van der Waals surface area contributed by atoms with E-state index in [-0.39, 0.29) is 23.5 Å². The predicted molar refractivity (Wildman–Crippen MR) is 70.2 cm³/mol. The molecule has 1 heterocycles. The van der Waals surface area contributed by atoms with Gasteiger partial charge in [-0.05, 0) is 25.7 Å². The fourth-order valence-corrected chi connectivity index (χ4v) is 2.12. The summed E-state index contributed by atoms with van der Waals surface area (Å²) in [4.78, 5) is 19.9. The van der Waals surface area contributed by atoms with E-state index in [2.05, 4.69) is 9.97 Å². The first-order valence-corrected chi connectivity index (χ1v) is 6.76. The molecule has 0 amide bonds. The normalized spacial score (nSPS) is 16.6. The van der Waals surface area contributed by atoms with Crippen LogP contribution in [0, 0.1) is 5.92 Å². The van der Waals surface area contributed by atoms with E-state index in [0.717, 1.165) is 12.8 Å². The van der Waals surface area contributed by atoms with Crippen molar-refractivity contribution in [1.82, 2.24) is 9.97 Å². The SMILES string of the molecule is CCOC(c1ncc(C(=O)O)c(C2CC2)n1)C(C)C. The molecule has 0 aromatic carbocycles. The zero-order chi connectivity index (χ0) is 14.0. The van der Waals surface area contributed by atoms with Crippen LogP contribution in [0.5, 0.6) is 0 Å². The van der Waals surface area contributed by atoms with Crippen molar-refractivity contribution < 1.29 is 14.6 Å². The van der Waals surface area contributed by atoms with E-state index >= 15 is 0 Å². The van der Waals surface area contributed by atoms with Crippen LogP contribution in [-0.4, -0.2) is 27.7 Å². The standard InChI is InChI=1S/C14H20N2O3/c1-4-19-12(8(2)3)13-15-7-10(14(17)18)11(16-13)9-5-6-9/h7-9,12H,4-6H2,1-3H3,(H,17,18). The average Bonchev–Trinajstić information content (AvgIpc) is 3.18. The molecular weight excluding hydrogens is 244 g/mol. The quantitative estimate of drug-likeness (QED) is 0.855. The van der Waals surface area contributed by atoms with E-state index in [1.165, 1.54) is 6.20 Å². The number of hydrogen-bond acceptors (Lipinski definition) is 4. The lowest BCUT2D eigenvalue weighted by molar-refractivity contribution is 0.0229. The van der Waals surface area contributed by atoms with E-state index in [4.69, 9.17) is 4.74 Å². The highest BCUT2D eigenvalue weighted by Gasteiger charge is 2.31. The van der Waals surface area contributed by atoms with Crippen molar-refractivity contribution in [3.63, 3.8) is 0 Å². The van der Waals surface area contributed by atoms with Crippen LogP contribution in [0.15, 0.2) is 6.20 Å². The first kappa shape index (κ1) is 13.9. The van der Waals surface area contributed by atoms with Gasteiger partial charge in [0.15, 0.2) is 5.82 Å². The Morgan fingerprint density at radius 1 is 1.53 bits per heavy atom. The summed E-state index contributed by atoms with van der Waals surface area (Å²) < 4.78 is 5.67. The molecule has 0 saturated heterocycles. The number of rotatable bonds is 6. The van der Waals surface area contributed by atoms with Gasteiger partial charge in [-0.3, -0.25) is 0 Å². The molecule has 5 nitrogen and oxygen atoms in total. The highest BCUT2D eigenvalue weighted by atomic mass is 16.5. The smallest absolute Gasteiger partial charge is 0.339 e. The predicted octanol–water partition coefficient (Wildman–Crippen LogP) is 2.79. The summed E-state index contributed by atoms with van der Waals surface area (Å²) in [5, 5.41) is 9.17. The lowest BCUT2D eigenvalue weighted by atomic mass is 10.1. The van der Waals surface area contributed by atoms with Gasteiger partial charge in [0.2, 0.25) is 0 Å². The number of carboxylic acids is 1. The van der Waals surface area contributed by atoms with Crippen molar-refractivity contribution >= 4 is 5.97 Å². The van der Waals surface area contributed by atoms with Crippen LogP contribution in [0.2, 0.25) is 0 Å². The van der Waals surface area contributed by atoms with Crippen molar-refractivity contribution in [3.8, 4) is 0 Å². The van der Waals surface area contributed by atoms with Gasteiger partial charge in [-0.25, -0.2) is 14.8 Å². The van der Waals surface area contributed by atoms with Gasteiger partial charge < -0.3 is 9.84 Å². The lowest BCUT2D eigenvalue weighted by Gasteiger charge is -2.20. The van der Waals surface area contributed by atoms with Gasteiger partial charge in [-0.2, -0.15) is 0 Å². The van der Waals surface area contributed by atoms with Crippen molar-refractivity contribution in [2.24, 2.45) is 5.92 Å². The lowest BCUT2D eigenvalue weighted by Crippen LogP contribution is -2.17. The molecule has 1 aromatic rings. The number of nitrogens with zero attached hydrogens (tertiary/aromatic N) is 2. The summed E-state index contributed by atoms with van der Waals surface area (Å²) in [5.41, 5.74) is 0.896. The highest BCUT2D eigenvalue weighted by Crippen LogP contribution is 2.41. The molecule has 1 aliphatic carbocycles. The summed E-state index contributed by atoms with van der Waals surface area (Å²) in [7, 11) is 0. The van der Waals surface area contributed by atoms with E-state index in [1.807, 2.05) is 20.8 Å². The van der Waals surface area contributed by atoms with Crippen LogP contribution >= 0.6 is 0 Å². The van der Waals surface area contributed by atoms with Gasteiger partial charge in [0.05, 0.1) is 11.3 Å². The molecular formula is C14H20N2O3. The fraction of sp³-hybridized carbons (Fsp3) is 0.643. The molecule has 104 valence electrons. The largest absolute Gasteiger partial charge is 0.478 e. The maximum Gasteiger partial charge on any atom is 0.339 e. The molecule has 1 atom stereocenters. The second kappa shape index (κ2) is 5.65. The van der Waals surface area contributed by atoms with E-state index in [0.29, 0.717) is 18.1 Å². The van der Waals surface area contributed by atoms with E-state index < -0.39 is 5.97 Å². The number of aromatic nitrogens is 2. The van der Waals surface area contributed by atoms with Crippen molar-refractivity contribution in [1.29, 1.82) is 0 Å². The molecule has 0 bridgehead atoms. The summed E-state index contributed by atoms with van der Waals surface area (Å²) in [6, 6.07) is 0. The number of carboxylic acid groups (broad SMARTS) is 1. The molecule has 1 aromatic heterocycles. The zero-order valence-electron chi connectivity index (χ0n) is 11.6. The van der Waals surface area contributed by atoms with Gasteiger partial charge >= 0.3 is 5.97 Å². The number of aromatic carboxylic acids is 1. The molecule has 1 unspecified atom stereocenters. The van der Waals surface area contributed by atoms with Gasteiger partial charge in [-0.1, -0.05) is 13.8 Å². The third-order valence-electron chi connectivity index (χ3n) is 3.24. The molecule has 1 fully saturated rings. The number of ether oxygens (including phenoxy) is 1. The van der Waals surface area contributed by atoms with Crippen LogP contribution in [-0.2, 0) is 4.74 Å². The Morgan fingerprint density at radius 3 is 2.68 bits per heavy atom. The second-order valence-corrected chi connectivity index (χ2v) is 5.23. The monoisotopic (exact) mass is 264 g/mol. The topological polar surface area (TPSA) is 72.3 Å². The third kappa shape index (κ3) is 3.10. The molecule has 0 aliphatic heterocycles. The van der Waals surface area contributed by atoms with Crippen LogP contribution in [0.3, 0.4) is 0 Å². The van der Waals surface area contributed by atoms with Gasteiger partial charge in [-0.15, -0.1) is 0 Å². The Labute approximate surface area is 113 Å². The molecule has 19 heavy (non-hydrogen) atoms. The molecule has 2 rings (SSSR count). The number of hydrogen-bond donors (Lipinski definition) is 1. The van der Waals surface area contributed by atoms with Gasteiger partial charge in [0, 0.05) is 18.7 Å². The van der Waals surface area contributed by atoms with Crippen LogP contribution in [0.4, 0.5) is 0 Å². The van der Waals surface area contributed by atoms with E-state index in [1.54, 1.807) is 0 Å². The van der Waals surface area contributed by atoms with Crippen molar-refractivity contribution in [3.05, 3.63) is 23.3 Å². The Morgan fingerprint density at radius 2 is 2.21 bits per heavy atom. The Kier molecular flexibility index (Phi) is 4.14. The average molecular weight is 264 g/mol. The summed E-state index contributed by atoms with van der Waals surface area (Å²) in [6.07, 6.45) is 3.27. The van der Waals surface area contributed by atoms with Gasteiger partial charge in [0.1, 0.15) is 6.10 Å². The fourth-order valence-electron chi connectivity index (χ4n) is 2.12. The minimum absolute atomic E-state index is 0.176. The van der Waals surface area contributed by atoms with Crippen LogP contribution < -0.4 is 0 Å². The Balaban J connectivity index is 2.36. The number of carbonyl (C=O) groups is 1. The van der Waals surface area contributed by atoms with Crippen LogP contribution in [0.1, 0.15) is 67.5 Å². The van der Waals surface area contributed by atoms with Crippen molar-refractivity contribution in [2.45, 2.75) is 45.6 Å².